The third-order valence-electron chi connectivity index (χ3n) is 3.20. The van der Waals surface area contributed by atoms with Crippen LogP contribution in [0.25, 0.3) is 0 Å². The van der Waals surface area contributed by atoms with Crippen LogP contribution in [0.15, 0.2) is 0 Å². The largest absolute Gasteiger partial charge is 0.382 e. The molecule has 0 saturated heterocycles. The lowest BCUT2D eigenvalue weighted by Crippen LogP contribution is -2.37. The summed E-state index contributed by atoms with van der Waals surface area (Å²) in [6.07, 6.45) is 6.99. The van der Waals surface area contributed by atoms with Gasteiger partial charge < -0.3 is 14.2 Å². The molecule has 0 heterocycles. The van der Waals surface area contributed by atoms with E-state index in [4.69, 9.17) is 14.2 Å². The molecule has 0 aliphatic heterocycles. The Bertz CT molecular complexity index is 152. The van der Waals surface area contributed by atoms with Crippen LogP contribution in [0.4, 0.5) is 0 Å². The third-order valence-corrected chi connectivity index (χ3v) is 3.20. The Hall–Kier alpha value is -0.120. The van der Waals surface area contributed by atoms with E-state index < -0.39 is 0 Å². The highest BCUT2D eigenvalue weighted by molar-refractivity contribution is 4.80. The third kappa shape index (κ3) is 7.74. The predicted molar refractivity (Wildman–Crippen MR) is 71.5 cm³/mol. The highest BCUT2D eigenvalue weighted by Crippen LogP contribution is 2.25. The van der Waals surface area contributed by atoms with E-state index in [9.17, 15) is 0 Å². The lowest BCUT2D eigenvalue weighted by molar-refractivity contribution is -0.0923. The van der Waals surface area contributed by atoms with Crippen molar-refractivity contribution in [2.24, 2.45) is 0 Å². The van der Waals surface area contributed by atoms with Gasteiger partial charge in [-0.2, -0.15) is 0 Å². The Balaban J connectivity index is 4.12. The molecule has 0 rings (SSSR count). The van der Waals surface area contributed by atoms with E-state index in [1.54, 1.807) is 7.11 Å². The molecule has 0 atom stereocenters. The molecule has 0 unspecified atom stereocenters. The van der Waals surface area contributed by atoms with Gasteiger partial charge >= 0.3 is 0 Å². The second kappa shape index (κ2) is 11.0. The van der Waals surface area contributed by atoms with Gasteiger partial charge in [-0.15, -0.1) is 0 Å². The minimum Gasteiger partial charge on any atom is -0.382 e. The van der Waals surface area contributed by atoms with Crippen LogP contribution < -0.4 is 0 Å². The number of methoxy groups -OCH3 is 2. The van der Waals surface area contributed by atoms with Crippen LogP contribution in [-0.2, 0) is 14.2 Å². The van der Waals surface area contributed by atoms with Gasteiger partial charge in [0.15, 0.2) is 0 Å². The number of ether oxygens (including phenoxy) is 3. The molecule has 0 N–H and O–H groups in total. The van der Waals surface area contributed by atoms with Crippen molar-refractivity contribution in [2.75, 3.05) is 34.0 Å². The Labute approximate surface area is 107 Å². The molecule has 0 aromatic rings. The van der Waals surface area contributed by atoms with Gasteiger partial charge in [-0.25, -0.2) is 0 Å². The van der Waals surface area contributed by atoms with Gasteiger partial charge in [0.2, 0.25) is 0 Å². The van der Waals surface area contributed by atoms with E-state index in [0.29, 0.717) is 19.8 Å². The maximum absolute atomic E-state index is 5.76. The highest BCUT2D eigenvalue weighted by Gasteiger charge is 2.28. The molecule has 0 amide bonds. The Morgan fingerprint density at radius 3 is 1.88 bits per heavy atom. The molecule has 0 radical (unpaired) electrons. The zero-order chi connectivity index (χ0) is 13.0. The molecule has 104 valence electrons. The number of unbranched alkanes of at least 4 members (excludes halogenated alkanes) is 2. The molecule has 3 heteroatoms. The van der Waals surface area contributed by atoms with Crippen molar-refractivity contribution in [3.05, 3.63) is 0 Å². The van der Waals surface area contributed by atoms with Gasteiger partial charge in [0.05, 0.1) is 25.4 Å². The second-order valence-electron chi connectivity index (χ2n) is 4.64. The van der Waals surface area contributed by atoms with Crippen molar-refractivity contribution in [2.45, 2.75) is 58.0 Å². The molecule has 0 fully saturated rings. The van der Waals surface area contributed by atoms with E-state index in [1.165, 1.54) is 25.7 Å². The second-order valence-corrected chi connectivity index (χ2v) is 4.64. The van der Waals surface area contributed by atoms with E-state index >= 15 is 0 Å². The zero-order valence-electron chi connectivity index (χ0n) is 12.1. The average molecular weight is 246 g/mol. The van der Waals surface area contributed by atoms with Gasteiger partial charge in [0.1, 0.15) is 0 Å². The first-order chi connectivity index (χ1) is 8.24. The van der Waals surface area contributed by atoms with Crippen molar-refractivity contribution < 1.29 is 14.2 Å². The molecular weight excluding hydrogens is 216 g/mol. The average Bonchev–Trinajstić information content (AvgIpc) is 2.37. The molecule has 0 saturated carbocycles. The summed E-state index contributed by atoms with van der Waals surface area (Å²) >= 11 is 0. The number of hydrogen-bond acceptors (Lipinski definition) is 3. The first-order valence-electron chi connectivity index (χ1n) is 6.86. The lowest BCUT2D eigenvalue weighted by atomic mass is 9.91. The fraction of sp³-hybridized carbons (Fsp3) is 1.00. The summed E-state index contributed by atoms with van der Waals surface area (Å²) in [4.78, 5) is 0. The minimum absolute atomic E-state index is 0.0836. The SMILES string of the molecule is CCCCC(CCCC)(COCCOC)OC. The van der Waals surface area contributed by atoms with Crippen molar-refractivity contribution in [1.29, 1.82) is 0 Å². The van der Waals surface area contributed by atoms with Crippen LogP contribution in [0.1, 0.15) is 52.4 Å². The van der Waals surface area contributed by atoms with Gasteiger partial charge in [-0.05, 0) is 12.8 Å². The summed E-state index contributed by atoms with van der Waals surface area (Å²) in [6.45, 7) is 6.42. The monoisotopic (exact) mass is 246 g/mol. The summed E-state index contributed by atoms with van der Waals surface area (Å²) in [5.74, 6) is 0. The Kier molecular flexibility index (Phi) is 10.9. The van der Waals surface area contributed by atoms with Gasteiger partial charge in [0.25, 0.3) is 0 Å². The Morgan fingerprint density at radius 2 is 1.47 bits per heavy atom. The summed E-state index contributed by atoms with van der Waals surface area (Å²) < 4.78 is 16.4. The van der Waals surface area contributed by atoms with Crippen molar-refractivity contribution in [1.82, 2.24) is 0 Å². The number of hydrogen-bond donors (Lipinski definition) is 0. The standard InChI is InChI=1S/C14H30O3/c1-5-7-9-14(16-4,10-8-6-2)13-17-12-11-15-3/h5-13H2,1-4H3. The van der Waals surface area contributed by atoms with Gasteiger partial charge in [0, 0.05) is 14.2 Å². The Morgan fingerprint density at radius 1 is 0.882 bits per heavy atom. The normalized spacial score (nSPS) is 12.0. The summed E-state index contributed by atoms with van der Waals surface area (Å²) in [7, 11) is 3.51. The first-order valence-corrected chi connectivity index (χ1v) is 6.86. The molecule has 0 aliphatic carbocycles. The molecule has 0 aromatic carbocycles. The van der Waals surface area contributed by atoms with Crippen LogP contribution in [0, 0.1) is 0 Å². The van der Waals surface area contributed by atoms with E-state index in [1.807, 2.05) is 7.11 Å². The maximum Gasteiger partial charge on any atom is 0.0911 e. The summed E-state index contributed by atoms with van der Waals surface area (Å²) in [5, 5.41) is 0. The van der Waals surface area contributed by atoms with Gasteiger partial charge in [-0.3, -0.25) is 0 Å². The highest BCUT2D eigenvalue weighted by atomic mass is 16.5. The smallest absolute Gasteiger partial charge is 0.0911 e. The lowest BCUT2D eigenvalue weighted by Gasteiger charge is -2.32. The van der Waals surface area contributed by atoms with Gasteiger partial charge in [-0.1, -0.05) is 39.5 Å². The van der Waals surface area contributed by atoms with Crippen LogP contribution in [-0.4, -0.2) is 39.6 Å². The molecule has 17 heavy (non-hydrogen) atoms. The van der Waals surface area contributed by atoms with Crippen molar-refractivity contribution >= 4 is 0 Å². The molecule has 0 bridgehead atoms. The first kappa shape index (κ1) is 16.9. The van der Waals surface area contributed by atoms with Crippen molar-refractivity contribution in [3.8, 4) is 0 Å². The predicted octanol–water partition coefficient (Wildman–Crippen LogP) is 3.42. The summed E-state index contributed by atoms with van der Waals surface area (Å²) in [5.41, 5.74) is -0.0836. The molecule has 3 nitrogen and oxygen atoms in total. The van der Waals surface area contributed by atoms with E-state index in [-0.39, 0.29) is 5.60 Å². The summed E-state index contributed by atoms with van der Waals surface area (Å²) in [6, 6.07) is 0. The topological polar surface area (TPSA) is 27.7 Å². The van der Waals surface area contributed by atoms with Crippen LogP contribution in [0.2, 0.25) is 0 Å². The van der Waals surface area contributed by atoms with E-state index in [2.05, 4.69) is 13.8 Å². The van der Waals surface area contributed by atoms with E-state index in [0.717, 1.165) is 12.8 Å². The quantitative estimate of drug-likeness (QED) is 0.494. The molecule has 0 aliphatic rings. The van der Waals surface area contributed by atoms with Crippen LogP contribution in [0.3, 0.4) is 0 Å². The molecule has 0 aromatic heterocycles. The van der Waals surface area contributed by atoms with Crippen LogP contribution >= 0.6 is 0 Å². The molecule has 0 spiro atoms. The zero-order valence-corrected chi connectivity index (χ0v) is 12.1. The number of rotatable bonds is 12. The minimum atomic E-state index is -0.0836. The fourth-order valence-corrected chi connectivity index (χ4v) is 1.93. The fourth-order valence-electron chi connectivity index (χ4n) is 1.93. The van der Waals surface area contributed by atoms with Crippen molar-refractivity contribution in [3.63, 3.8) is 0 Å². The van der Waals surface area contributed by atoms with Crippen LogP contribution in [0.5, 0.6) is 0 Å². The maximum atomic E-state index is 5.76. The molecular formula is C14H30O3.